The Morgan fingerprint density at radius 2 is 1.86 bits per heavy atom. The molecule has 0 spiro atoms. The van der Waals surface area contributed by atoms with E-state index in [1.807, 2.05) is 0 Å². The molecule has 1 unspecified atom stereocenters. The fraction of sp³-hybridized carbons (Fsp3) is 0.200. The lowest BCUT2D eigenvalue weighted by molar-refractivity contribution is -0.119. The van der Waals surface area contributed by atoms with E-state index in [1.54, 1.807) is 30.5 Å². The second-order valence-corrected chi connectivity index (χ2v) is 8.46. The third kappa shape index (κ3) is 3.36. The minimum atomic E-state index is -3.91. The van der Waals surface area contributed by atoms with Gasteiger partial charge in [0.1, 0.15) is 16.8 Å². The van der Waals surface area contributed by atoms with Crippen molar-refractivity contribution < 1.29 is 17.6 Å². The highest BCUT2D eigenvalue weighted by Crippen LogP contribution is 2.30. The number of amides is 1. The van der Waals surface area contributed by atoms with E-state index in [0.29, 0.717) is 24.0 Å². The molecule has 1 saturated heterocycles. The SMILES string of the molecule is O=C(Nc1ccc(F)cc1)C1CCCN1S(=O)(=O)c1cccc2cccnc12. The summed E-state index contributed by atoms with van der Waals surface area (Å²) in [5, 5.41) is 3.39. The highest BCUT2D eigenvalue weighted by Gasteiger charge is 2.40. The van der Waals surface area contributed by atoms with Gasteiger partial charge in [-0.1, -0.05) is 18.2 Å². The van der Waals surface area contributed by atoms with E-state index in [9.17, 15) is 17.6 Å². The molecule has 0 saturated carbocycles. The van der Waals surface area contributed by atoms with Crippen LogP contribution < -0.4 is 5.32 Å². The predicted molar refractivity (Wildman–Crippen MR) is 104 cm³/mol. The maximum atomic E-state index is 13.3. The third-order valence-electron chi connectivity index (χ3n) is 4.80. The summed E-state index contributed by atoms with van der Waals surface area (Å²) in [6, 6.07) is 13.0. The maximum Gasteiger partial charge on any atom is 0.245 e. The number of para-hydroxylation sites is 1. The number of carbonyl (C=O) groups is 1. The number of pyridine rings is 1. The first-order valence-electron chi connectivity index (χ1n) is 8.89. The van der Waals surface area contributed by atoms with Crippen LogP contribution in [0, 0.1) is 5.82 Å². The molecule has 2 heterocycles. The molecule has 1 aromatic heterocycles. The summed E-state index contributed by atoms with van der Waals surface area (Å²) in [6.07, 6.45) is 2.55. The Balaban J connectivity index is 1.65. The van der Waals surface area contributed by atoms with Crippen molar-refractivity contribution in [2.45, 2.75) is 23.8 Å². The summed E-state index contributed by atoms with van der Waals surface area (Å²) in [4.78, 5) is 17.0. The van der Waals surface area contributed by atoms with Crippen molar-refractivity contribution in [1.82, 2.24) is 9.29 Å². The molecule has 1 aliphatic heterocycles. The van der Waals surface area contributed by atoms with Gasteiger partial charge in [-0.2, -0.15) is 4.31 Å². The van der Waals surface area contributed by atoms with Crippen LogP contribution in [0.5, 0.6) is 0 Å². The Hall–Kier alpha value is -2.84. The van der Waals surface area contributed by atoms with Crippen LogP contribution in [-0.2, 0) is 14.8 Å². The summed E-state index contributed by atoms with van der Waals surface area (Å²) in [7, 11) is -3.91. The fourth-order valence-corrected chi connectivity index (χ4v) is 5.28. The lowest BCUT2D eigenvalue weighted by Crippen LogP contribution is -2.43. The molecule has 144 valence electrons. The number of hydrogen-bond acceptors (Lipinski definition) is 4. The van der Waals surface area contributed by atoms with Crippen LogP contribution in [-0.4, -0.2) is 36.2 Å². The minimum Gasteiger partial charge on any atom is -0.325 e. The van der Waals surface area contributed by atoms with Crippen molar-refractivity contribution in [2.75, 3.05) is 11.9 Å². The molecule has 1 atom stereocenters. The molecule has 6 nitrogen and oxygen atoms in total. The van der Waals surface area contributed by atoms with Crippen molar-refractivity contribution >= 4 is 32.5 Å². The van der Waals surface area contributed by atoms with Gasteiger partial charge in [-0.3, -0.25) is 9.78 Å². The van der Waals surface area contributed by atoms with Crippen LogP contribution in [0.1, 0.15) is 12.8 Å². The summed E-state index contributed by atoms with van der Waals surface area (Å²) in [5.74, 6) is -0.840. The Morgan fingerprint density at radius 3 is 2.64 bits per heavy atom. The normalized spacial score (nSPS) is 17.7. The van der Waals surface area contributed by atoms with Crippen LogP contribution in [0.15, 0.2) is 65.7 Å². The molecule has 0 aliphatic carbocycles. The molecule has 2 aromatic carbocycles. The van der Waals surface area contributed by atoms with E-state index < -0.39 is 27.8 Å². The molecule has 0 bridgehead atoms. The number of benzene rings is 2. The number of nitrogens with zero attached hydrogens (tertiary/aromatic N) is 2. The summed E-state index contributed by atoms with van der Waals surface area (Å²) < 4.78 is 40.9. The van der Waals surface area contributed by atoms with Gasteiger partial charge in [0.05, 0.1) is 5.52 Å². The van der Waals surface area contributed by atoms with Crippen molar-refractivity contribution in [3.05, 3.63) is 66.6 Å². The Bertz CT molecular complexity index is 1130. The highest BCUT2D eigenvalue weighted by molar-refractivity contribution is 7.89. The average molecular weight is 399 g/mol. The van der Waals surface area contributed by atoms with Crippen molar-refractivity contribution in [3.8, 4) is 0 Å². The molecule has 28 heavy (non-hydrogen) atoms. The number of nitrogens with one attached hydrogen (secondary N) is 1. The van der Waals surface area contributed by atoms with E-state index in [2.05, 4.69) is 10.3 Å². The number of halogens is 1. The van der Waals surface area contributed by atoms with Gasteiger partial charge < -0.3 is 5.32 Å². The van der Waals surface area contributed by atoms with Crippen molar-refractivity contribution in [3.63, 3.8) is 0 Å². The zero-order chi connectivity index (χ0) is 19.7. The van der Waals surface area contributed by atoms with Crippen LogP contribution in [0.3, 0.4) is 0 Å². The standard InChI is InChI=1S/C20H18FN3O3S/c21-15-8-10-16(11-9-15)23-20(25)17-6-3-13-24(17)28(26,27)18-7-1-4-14-5-2-12-22-19(14)18/h1-2,4-5,7-12,17H,3,6,13H2,(H,23,25). The van der Waals surface area contributed by atoms with Gasteiger partial charge >= 0.3 is 0 Å². The van der Waals surface area contributed by atoms with E-state index in [1.165, 1.54) is 34.6 Å². The van der Waals surface area contributed by atoms with Crippen molar-refractivity contribution in [2.24, 2.45) is 0 Å². The number of carbonyl (C=O) groups excluding carboxylic acids is 1. The van der Waals surface area contributed by atoms with Gasteiger partial charge in [-0.25, -0.2) is 12.8 Å². The first-order valence-corrected chi connectivity index (χ1v) is 10.3. The number of sulfonamides is 1. The third-order valence-corrected chi connectivity index (χ3v) is 6.74. The van der Waals surface area contributed by atoms with Crippen LogP contribution >= 0.6 is 0 Å². The zero-order valence-corrected chi connectivity index (χ0v) is 15.7. The number of hydrogen-bond donors (Lipinski definition) is 1. The van der Waals surface area contributed by atoms with Crippen LogP contribution in [0.4, 0.5) is 10.1 Å². The molecule has 0 radical (unpaired) electrons. The van der Waals surface area contributed by atoms with Gasteiger partial charge in [-0.05, 0) is 49.2 Å². The predicted octanol–water partition coefficient (Wildman–Crippen LogP) is 3.17. The van der Waals surface area contributed by atoms with Crippen LogP contribution in [0.2, 0.25) is 0 Å². The maximum absolute atomic E-state index is 13.3. The Morgan fingerprint density at radius 1 is 1.11 bits per heavy atom. The minimum absolute atomic E-state index is 0.0899. The molecule has 1 N–H and O–H groups in total. The van der Waals surface area contributed by atoms with Crippen LogP contribution in [0.25, 0.3) is 10.9 Å². The van der Waals surface area contributed by atoms with Gasteiger partial charge in [0.2, 0.25) is 15.9 Å². The van der Waals surface area contributed by atoms with Gasteiger partial charge in [0, 0.05) is 23.8 Å². The highest BCUT2D eigenvalue weighted by atomic mass is 32.2. The second kappa shape index (κ2) is 7.29. The van der Waals surface area contributed by atoms with E-state index >= 15 is 0 Å². The number of anilines is 1. The summed E-state index contributed by atoms with van der Waals surface area (Å²) >= 11 is 0. The molecule has 8 heteroatoms. The number of rotatable bonds is 4. The zero-order valence-electron chi connectivity index (χ0n) is 14.9. The van der Waals surface area contributed by atoms with E-state index in [4.69, 9.17) is 0 Å². The molecule has 1 aliphatic rings. The molecule has 3 aromatic rings. The second-order valence-electron chi connectivity index (χ2n) is 6.60. The lowest BCUT2D eigenvalue weighted by Gasteiger charge is -2.24. The largest absolute Gasteiger partial charge is 0.325 e. The Labute approximate surface area is 162 Å². The van der Waals surface area contributed by atoms with E-state index in [-0.39, 0.29) is 11.4 Å². The molecule has 4 rings (SSSR count). The first kappa shape index (κ1) is 18.5. The van der Waals surface area contributed by atoms with E-state index in [0.717, 1.165) is 5.39 Å². The molecule has 1 amide bonds. The summed E-state index contributed by atoms with van der Waals surface area (Å²) in [5.41, 5.74) is 0.803. The lowest BCUT2D eigenvalue weighted by atomic mass is 10.2. The molecule has 1 fully saturated rings. The fourth-order valence-electron chi connectivity index (χ4n) is 3.46. The molecular weight excluding hydrogens is 381 g/mol. The van der Waals surface area contributed by atoms with Gasteiger partial charge in [-0.15, -0.1) is 0 Å². The topological polar surface area (TPSA) is 79.4 Å². The number of aromatic nitrogens is 1. The number of fused-ring (bicyclic) bond motifs is 1. The molecular formula is C20H18FN3O3S. The average Bonchev–Trinajstić information content (AvgIpc) is 3.20. The first-order chi connectivity index (χ1) is 13.5. The quantitative estimate of drug-likeness (QED) is 0.731. The van der Waals surface area contributed by atoms with Gasteiger partial charge in [0.15, 0.2) is 0 Å². The smallest absolute Gasteiger partial charge is 0.245 e. The van der Waals surface area contributed by atoms with Gasteiger partial charge in [0.25, 0.3) is 0 Å². The Kier molecular flexibility index (Phi) is 4.82. The monoisotopic (exact) mass is 399 g/mol. The van der Waals surface area contributed by atoms with Crippen molar-refractivity contribution in [1.29, 1.82) is 0 Å². The summed E-state index contributed by atoms with van der Waals surface area (Å²) in [6.45, 7) is 0.257.